The monoisotopic (exact) mass is 421 g/mol. The van der Waals surface area contributed by atoms with Gasteiger partial charge in [0.25, 0.3) is 5.91 Å². The predicted molar refractivity (Wildman–Crippen MR) is 115 cm³/mol. The molecule has 0 radical (unpaired) electrons. The van der Waals surface area contributed by atoms with Crippen molar-refractivity contribution in [3.05, 3.63) is 83.6 Å². The van der Waals surface area contributed by atoms with Gasteiger partial charge in [-0.1, -0.05) is 12.1 Å². The maximum absolute atomic E-state index is 12.9. The average molecular weight is 421 g/mol. The Bertz CT molecular complexity index is 1030. The number of rotatable bonds is 6. The Morgan fingerprint density at radius 1 is 1.06 bits per heavy atom. The second-order valence-electron chi connectivity index (χ2n) is 6.86. The van der Waals surface area contributed by atoms with E-state index in [0.29, 0.717) is 28.5 Å². The first-order valence-electron chi connectivity index (χ1n) is 9.66. The van der Waals surface area contributed by atoms with Crippen molar-refractivity contribution in [2.24, 2.45) is 0 Å². The zero-order valence-corrected chi connectivity index (χ0v) is 17.4. The molecule has 2 aliphatic rings. The van der Waals surface area contributed by atoms with Crippen LogP contribution in [0.5, 0.6) is 5.75 Å². The van der Waals surface area contributed by atoms with E-state index in [1.165, 1.54) is 14.2 Å². The molecule has 2 unspecified atom stereocenters. The van der Waals surface area contributed by atoms with Crippen LogP contribution in [0.2, 0.25) is 0 Å². The Kier molecular flexibility index (Phi) is 5.90. The van der Waals surface area contributed by atoms with Crippen LogP contribution in [-0.2, 0) is 19.0 Å². The van der Waals surface area contributed by atoms with Crippen LogP contribution in [0.1, 0.15) is 11.8 Å². The number of anilines is 2. The molecule has 160 valence electrons. The molecule has 0 saturated heterocycles. The summed E-state index contributed by atoms with van der Waals surface area (Å²) in [5.74, 6) is 1.36. The number of nitrogens with one attached hydrogen (secondary N) is 2. The third-order valence-electron chi connectivity index (χ3n) is 4.95. The Hall–Kier alpha value is -3.78. The topological polar surface area (TPSA) is 90.9 Å². The minimum atomic E-state index is -0.427. The minimum Gasteiger partial charge on any atom is -0.493 e. The number of amides is 1. The number of aromatic nitrogens is 1. The predicted octanol–water partition coefficient (Wildman–Crippen LogP) is 3.54. The lowest BCUT2D eigenvalue weighted by molar-refractivity contribution is -0.112. The van der Waals surface area contributed by atoms with E-state index < -0.39 is 6.10 Å². The lowest BCUT2D eigenvalue weighted by Gasteiger charge is -2.13. The van der Waals surface area contributed by atoms with E-state index in [0.717, 1.165) is 11.3 Å². The van der Waals surface area contributed by atoms with Gasteiger partial charge >= 0.3 is 0 Å². The third kappa shape index (κ3) is 4.39. The van der Waals surface area contributed by atoms with Crippen molar-refractivity contribution in [3.63, 3.8) is 0 Å². The van der Waals surface area contributed by atoms with Gasteiger partial charge in [0.2, 0.25) is 0 Å². The summed E-state index contributed by atoms with van der Waals surface area (Å²) >= 11 is 0. The van der Waals surface area contributed by atoms with Crippen LogP contribution in [0.15, 0.2) is 78.0 Å². The Morgan fingerprint density at radius 2 is 1.84 bits per heavy atom. The normalized spacial score (nSPS) is 19.5. The second-order valence-corrected chi connectivity index (χ2v) is 6.86. The molecule has 31 heavy (non-hydrogen) atoms. The summed E-state index contributed by atoms with van der Waals surface area (Å²) in [6, 6.07) is 9.30. The van der Waals surface area contributed by atoms with Gasteiger partial charge in [-0.3, -0.25) is 9.78 Å². The maximum atomic E-state index is 12.9. The molecular weight excluding hydrogens is 398 g/mol. The van der Waals surface area contributed by atoms with E-state index in [9.17, 15) is 4.79 Å². The number of fused-ring (bicyclic) bond motifs is 1. The highest BCUT2D eigenvalue weighted by atomic mass is 16.5. The van der Waals surface area contributed by atoms with E-state index in [1.54, 1.807) is 37.7 Å². The summed E-state index contributed by atoms with van der Waals surface area (Å²) in [5.41, 5.74) is 2.88. The zero-order valence-electron chi connectivity index (χ0n) is 17.4. The maximum Gasteiger partial charge on any atom is 0.255 e. The molecule has 1 amide bonds. The molecule has 8 heteroatoms. The molecule has 1 aromatic carbocycles. The molecule has 2 atom stereocenters. The van der Waals surface area contributed by atoms with Gasteiger partial charge in [0.05, 0.1) is 32.2 Å². The van der Waals surface area contributed by atoms with Crippen LogP contribution in [0.3, 0.4) is 0 Å². The molecular formula is C23H23N3O5. The van der Waals surface area contributed by atoms with Crippen LogP contribution in [0.25, 0.3) is 0 Å². The lowest BCUT2D eigenvalue weighted by atomic mass is 10.1. The summed E-state index contributed by atoms with van der Waals surface area (Å²) in [7, 11) is 4.62. The molecule has 1 aromatic heterocycles. The molecule has 8 nitrogen and oxygen atoms in total. The molecule has 1 aliphatic carbocycles. The van der Waals surface area contributed by atoms with Gasteiger partial charge in [-0.25, -0.2) is 0 Å². The second kappa shape index (κ2) is 8.93. The quantitative estimate of drug-likeness (QED) is 0.737. The fourth-order valence-corrected chi connectivity index (χ4v) is 3.31. The SMILES string of the molecule is COC1=CC(C(=O)Nc2ccc(C3Nc4ccncc4O3)cc2)=CC(OC)C=C1OC. The van der Waals surface area contributed by atoms with E-state index in [1.807, 2.05) is 30.3 Å². The average Bonchev–Trinajstić information content (AvgIpc) is 3.14. The van der Waals surface area contributed by atoms with E-state index in [-0.39, 0.29) is 12.1 Å². The number of nitrogens with zero attached hydrogens (tertiary/aromatic N) is 1. The number of benzene rings is 1. The highest BCUT2D eigenvalue weighted by Gasteiger charge is 2.23. The van der Waals surface area contributed by atoms with Crippen molar-refractivity contribution in [1.29, 1.82) is 0 Å². The number of hydrogen-bond acceptors (Lipinski definition) is 7. The summed E-state index contributed by atoms with van der Waals surface area (Å²) in [5, 5.41) is 6.19. The molecule has 2 N–H and O–H groups in total. The number of hydrogen-bond donors (Lipinski definition) is 2. The van der Waals surface area contributed by atoms with E-state index in [4.69, 9.17) is 18.9 Å². The van der Waals surface area contributed by atoms with Gasteiger partial charge in [0.15, 0.2) is 23.5 Å². The van der Waals surface area contributed by atoms with Crippen LogP contribution in [0.4, 0.5) is 11.4 Å². The van der Waals surface area contributed by atoms with Crippen molar-refractivity contribution in [1.82, 2.24) is 4.98 Å². The highest BCUT2D eigenvalue weighted by molar-refractivity contribution is 6.06. The minimum absolute atomic E-state index is 0.288. The van der Waals surface area contributed by atoms with Crippen LogP contribution >= 0.6 is 0 Å². The van der Waals surface area contributed by atoms with Gasteiger partial charge in [-0.15, -0.1) is 0 Å². The van der Waals surface area contributed by atoms with Crippen molar-refractivity contribution < 1.29 is 23.7 Å². The molecule has 0 saturated carbocycles. The molecule has 4 rings (SSSR count). The largest absolute Gasteiger partial charge is 0.493 e. The summed E-state index contributed by atoms with van der Waals surface area (Å²) in [6.07, 6.45) is 7.73. The van der Waals surface area contributed by atoms with Crippen molar-refractivity contribution in [3.8, 4) is 5.75 Å². The molecule has 1 aliphatic heterocycles. The van der Waals surface area contributed by atoms with E-state index >= 15 is 0 Å². The summed E-state index contributed by atoms with van der Waals surface area (Å²) in [6.45, 7) is 0. The number of methoxy groups -OCH3 is 3. The summed E-state index contributed by atoms with van der Waals surface area (Å²) < 4.78 is 22.0. The smallest absolute Gasteiger partial charge is 0.255 e. The zero-order chi connectivity index (χ0) is 21.8. The van der Waals surface area contributed by atoms with Gasteiger partial charge in [0.1, 0.15) is 0 Å². The summed E-state index contributed by atoms with van der Waals surface area (Å²) in [4.78, 5) is 16.9. The first kappa shape index (κ1) is 20.5. The Labute approximate surface area is 180 Å². The molecule has 2 aromatic rings. The van der Waals surface area contributed by atoms with Crippen LogP contribution in [-0.4, -0.2) is 38.3 Å². The first-order valence-corrected chi connectivity index (χ1v) is 9.66. The van der Waals surface area contributed by atoms with E-state index in [2.05, 4.69) is 15.6 Å². The third-order valence-corrected chi connectivity index (χ3v) is 4.95. The molecule has 0 bridgehead atoms. The van der Waals surface area contributed by atoms with Gasteiger partial charge in [-0.05, 0) is 36.4 Å². The lowest BCUT2D eigenvalue weighted by Crippen LogP contribution is -2.16. The standard InChI is InChI=1S/C23H23N3O5/c1-28-17-10-15(11-19(29-2)20(12-17)30-3)22(27)25-16-6-4-14(5-7-16)23-26-18-8-9-24-13-21(18)31-23/h4-13,17,23,26H,1-3H3,(H,25,27). The molecule has 0 fully saturated rings. The van der Waals surface area contributed by atoms with Crippen LogP contribution in [0, 0.1) is 0 Å². The fourth-order valence-electron chi connectivity index (χ4n) is 3.31. The van der Waals surface area contributed by atoms with Gasteiger partial charge < -0.3 is 29.6 Å². The van der Waals surface area contributed by atoms with Crippen molar-refractivity contribution in [2.45, 2.75) is 12.3 Å². The Balaban J connectivity index is 1.47. The fraction of sp³-hybridized carbons (Fsp3) is 0.217. The van der Waals surface area contributed by atoms with Gasteiger partial charge in [-0.2, -0.15) is 0 Å². The highest BCUT2D eigenvalue weighted by Crippen LogP contribution is 2.36. The number of carbonyl (C=O) groups is 1. The number of ether oxygens (including phenoxy) is 4. The molecule has 2 heterocycles. The number of carbonyl (C=O) groups excluding carboxylic acids is 1. The van der Waals surface area contributed by atoms with Crippen LogP contribution < -0.4 is 15.4 Å². The van der Waals surface area contributed by atoms with Gasteiger partial charge in [0, 0.05) is 30.1 Å². The van der Waals surface area contributed by atoms with Crippen molar-refractivity contribution in [2.75, 3.05) is 32.0 Å². The van der Waals surface area contributed by atoms with Crippen molar-refractivity contribution >= 4 is 17.3 Å². The molecule has 0 spiro atoms. The first-order chi connectivity index (χ1) is 15.1. The number of pyridine rings is 1. The Morgan fingerprint density at radius 3 is 2.52 bits per heavy atom.